The Bertz CT molecular complexity index is 416. The van der Waals surface area contributed by atoms with E-state index in [1.54, 1.807) is 12.4 Å². The van der Waals surface area contributed by atoms with Gasteiger partial charge in [0.25, 0.3) is 0 Å². The maximum absolute atomic E-state index is 11.4. The molecule has 0 aliphatic carbocycles. The van der Waals surface area contributed by atoms with E-state index in [2.05, 4.69) is 9.88 Å². The zero-order valence-corrected chi connectivity index (χ0v) is 11.2. The minimum atomic E-state index is -0.749. The summed E-state index contributed by atoms with van der Waals surface area (Å²) in [5.74, 6) is -0.749. The number of carboxylic acid groups (broad SMARTS) is 1. The van der Waals surface area contributed by atoms with Crippen molar-refractivity contribution in [1.82, 2.24) is 9.88 Å². The van der Waals surface area contributed by atoms with Gasteiger partial charge in [0.15, 0.2) is 0 Å². The predicted molar refractivity (Wildman–Crippen MR) is 70.9 cm³/mol. The van der Waals surface area contributed by atoms with E-state index in [4.69, 9.17) is 4.74 Å². The fourth-order valence-corrected chi connectivity index (χ4v) is 2.43. The van der Waals surface area contributed by atoms with E-state index in [1.165, 1.54) is 5.56 Å². The molecule has 1 aromatic rings. The second kappa shape index (κ2) is 6.12. The maximum Gasteiger partial charge on any atom is 0.313 e. The van der Waals surface area contributed by atoms with Gasteiger partial charge in [-0.1, -0.05) is 0 Å². The molecule has 1 aliphatic rings. The van der Waals surface area contributed by atoms with Crippen LogP contribution in [0.3, 0.4) is 0 Å². The minimum absolute atomic E-state index is 0.321. The van der Waals surface area contributed by atoms with Gasteiger partial charge in [-0.15, -0.1) is 0 Å². The smallest absolute Gasteiger partial charge is 0.313 e. The Morgan fingerprint density at radius 3 is 2.84 bits per heavy atom. The van der Waals surface area contributed by atoms with Crippen molar-refractivity contribution in [2.45, 2.75) is 12.8 Å². The molecule has 1 aromatic heterocycles. The highest BCUT2D eigenvalue weighted by atomic mass is 16.5. The minimum Gasteiger partial charge on any atom is -0.481 e. The molecule has 0 bridgehead atoms. The summed E-state index contributed by atoms with van der Waals surface area (Å²) in [7, 11) is 1.96. The van der Waals surface area contributed by atoms with Crippen LogP contribution in [0.2, 0.25) is 0 Å². The number of ether oxygens (including phenoxy) is 1. The number of hydrogen-bond donors (Lipinski definition) is 1. The molecule has 19 heavy (non-hydrogen) atoms. The lowest BCUT2D eigenvalue weighted by Crippen LogP contribution is -2.43. The molecule has 0 saturated carbocycles. The maximum atomic E-state index is 11.4. The largest absolute Gasteiger partial charge is 0.481 e. The molecule has 1 saturated heterocycles. The van der Waals surface area contributed by atoms with Crippen molar-refractivity contribution in [2.75, 3.05) is 33.4 Å². The van der Waals surface area contributed by atoms with Crippen LogP contribution in [0.1, 0.15) is 12.0 Å². The normalized spacial score (nSPS) is 22.8. The van der Waals surface area contributed by atoms with Gasteiger partial charge in [-0.05, 0) is 37.6 Å². The van der Waals surface area contributed by atoms with E-state index in [9.17, 15) is 9.90 Å². The zero-order chi connectivity index (χ0) is 13.7. The van der Waals surface area contributed by atoms with Gasteiger partial charge in [0.1, 0.15) is 5.41 Å². The third-order valence-corrected chi connectivity index (χ3v) is 3.66. The van der Waals surface area contributed by atoms with Crippen LogP contribution in [0, 0.1) is 5.41 Å². The fraction of sp³-hybridized carbons (Fsp3) is 0.571. The Labute approximate surface area is 113 Å². The molecule has 0 amide bonds. The highest BCUT2D eigenvalue weighted by Crippen LogP contribution is 2.29. The SMILES string of the molecule is CN(CCc1ccncc1)CC1(C(=O)O)CCOC1. The van der Waals surface area contributed by atoms with Crippen LogP contribution in [-0.4, -0.2) is 54.3 Å². The lowest BCUT2D eigenvalue weighted by atomic mass is 9.87. The molecule has 2 rings (SSSR count). The van der Waals surface area contributed by atoms with Gasteiger partial charge in [-0.25, -0.2) is 0 Å². The van der Waals surface area contributed by atoms with Gasteiger partial charge in [0, 0.05) is 32.1 Å². The topological polar surface area (TPSA) is 62.7 Å². The van der Waals surface area contributed by atoms with Gasteiger partial charge in [0.2, 0.25) is 0 Å². The molecule has 1 N–H and O–H groups in total. The van der Waals surface area contributed by atoms with Crippen molar-refractivity contribution >= 4 is 5.97 Å². The average Bonchev–Trinajstić information content (AvgIpc) is 2.87. The highest BCUT2D eigenvalue weighted by Gasteiger charge is 2.43. The van der Waals surface area contributed by atoms with E-state index >= 15 is 0 Å². The average molecular weight is 264 g/mol. The van der Waals surface area contributed by atoms with Crippen molar-refractivity contribution in [3.05, 3.63) is 30.1 Å². The highest BCUT2D eigenvalue weighted by molar-refractivity contribution is 5.75. The number of carboxylic acids is 1. The summed E-state index contributed by atoms with van der Waals surface area (Å²) < 4.78 is 5.27. The molecular formula is C14H20N2O3. The summed E-state index contributed by atoms with van der Waals surface area (Å²) in [4.78, 5) is 17.5. The molecule has 1 fully saturated rings. The Balaban J connectivity index is 1.86. The zero-order valence-electron chi connectivity index (χ0n) is 11.2. The Morgan fingerprint density at radius 2 is 2.26 bits per heavy atom. The lowest BCUT2D eigenvalue weighted by Gasteiger charge is -2.28. The van der Waals surface area contributed by atoms with Crippen LogP contribution < -0.4 is 0 Å². The predicted octanol–water partition coefficient (Wildman–Crippen LogP) is 1.05. The van der Waals surface area contributed by atoms with Gasteiger partial charge in [-0.3, -0.25) is 9.78 Å². The van der Waals surface area contributed by atoms with Crippen LogP contribution in [-0.2, 0) is 16.0 Å². The molecule has 1 aliphatic heterocycles. The Kier molecular flexibility index (Phi) is 4.50. The van der Waals surface area contributed by atoms with Crippen molar-refractivity contribution in [2.24, 2.45) is 5.41 Å². The molecule has 5 heteroatoms. The number of rotatable bonds is 6. The quantitative estimate of drug-likeness (QED) is 0.832. The summed E-state index contributed by atoms with van der Waals surface area (Å²) in [6, 6.07) is 3.97. The summed E-state index contributed by atoms with van der Waals surface area (Å²) in [6.07, 6.45) is 5.05. The Hall–Kier alpha value is -1.46. The summed E-state index contributed by atoms with van der Waals surface area (Å²) in [6.45, 7) is 2.24. The first-order chi connectivity index (χ1) is 9.12. The standard InChI is InChI=1S/C14H20N2O3/c1-16(8-4-12-2-6-15-7-3-12)10-14(13(17)18)5-9-19-11-14/h2-3,6-7H,4-5,8-11H2,1H3,(H,17,18). The molecule has 104 valence electrons. The van der Waals surface area contributed by atoms with E-state index in [1.807, 2.05) is 19.2 Å². The van der Waals surface area contributed by atoms with Crippen LogP contribution in [0.15, 0.2) is 24.5 Å². The second-order valence-electron chi connectivity index (χ2n) is 5.23. The molecule has 0 spiro atoms. The van der Waals surface area contributed by atoms with Crippen molar-refractivity contribution < 1.29 is 14.6 Å². The van der Waals surface area contributed by atoms with Crippen LogP contribution in [0.25, 0.3) is 0 Å². The summed E-state index contributed by atoms with van der Waals surface area (Å²) in [5, 5.41) is 9.38. The third kappa shape index (κ3) is 3.52. The molecule has 0 radical (unpaired) electrons. The number of likely N-dealkylation sites (N-methyl/N-ethyl adjacent to an activating group) is 1. The number of aliphatic carboxylic acids is 1. The van der Waals surface area contributed by atoms with Gasteiger partial charge in [-0.2, -0.15) is 0 Å². The summed E-state index contributed by atoms with van der Waals surface area (Å²) in [5.41, 5.74) is 0.487. The molecule has 1 unspecified atom stereocenters. The van der Waals surface area contributed by atoms with Gasteiger partial charge < -0.3 is 14.7 Å². The van der Waals surface area contributed by atoms with E-state index in [0.717, 1.165) is 13.0 Å². The number of aromatic nitrogens is 1. The Morgan fingerprint density at radius 1 is 1.53 bits per heavy atom. The van der Waals surface area contributed by atoms with Gasteiger partial charge in [0.05, 0.1) is 6.61 Å². The van der Waals surface area contributed by atoms with E-state index < -0.39 is 11.4 Å². The summed E-state index contributed by atoms with van der Waals surface area (Å²) >= 11 is 0. The molecule has 1 atom stereocenters. The molecule has 5 nitrogen and oxygen atoms in total. The molecule has 2 heterocycles. The molecular weight excluding hydrogens is 244 g/mol. The number of nitrogens with zero attached hydrogens (tertiary/aromatic N) is 2. The first kappa shape index (κ1) is 14.0. The van der Waals surface area contributed by atoms with E-state index in [0.29, 0.717) is 26.2 Å². The van der Waals surface area contributed by atoms with E-state index in [-0.39, 0.29) is 0 Å². The van der Waals surface area contributed by atoms with Crippen molar-refractivity contribution in [1.29, 1.82) is 0 Å². The van der Waals surface area contributed by atoms with Crippen LogP contribution in [0.5, 0.6) is 0 Å². The third-order valence-electron chi connectivity index (χ3n) is 3.66. The first-order valence-corrected chi connectivity index (χ1v) is 6.51. The number of carbonyl (C=O) groups is 1. The monoisotopic (exact) mass is 264 g/mol. The first-order valence-electron chi connectivity index (χ1n) is 6.51. The lowest BCUT2D eigenvalue weighted by molar-refractivity contribution is -0.150. The van der Waals surface area contributed by atoms with Crippen molar-refractivity contribution in [3.63, 3.8) is 0 Å². The molecule has 0 aromatic carbocycles. The fourth-order valence-electron chi connectivity index (χ4n) is 2.43. The van der Waals surface area contributed by atoms with Crippen LogP contribution >= 0.6 is 0 Å². The van der Waals surface area contributed by atoms with Gasteiger partial charge >= 0.3 is 5.97 Å². The number of hydrogen-bond acceptors (Lipinski definition) is 4. The second-order valence-corrected chi connectivity index (χ2v) is 5.23. The number of pyridine rings is 1. The van der Waals surface area contributed by atoms with Crippen molar-refractivity contribution in [3.8, 4) is 0 Å². The van der Waals surface area contributed by atoms with Crippen LogP contribution in [0.4, 0.5) is 0 Å².